The van der Waals surface area contributed by atoms with Crippen LogP contribution in [0.25, 0.3) is 0 Å². The molecule has 1 fully saturated rings. The molecule has 0 aromatic rings. The SMILES string of the molecule is CCCCC(C)(CC(C)(CC)CC)C1CC1CC. The average molecular weight is 252 g/mol. The van der Waals surface area contributed by atoms with Gasteiger partial charge in [-0.05, 0) is 41.9 Å². The fourth-order valence-corrected chi connectivity index (χ4v) is 4.01. The van der Waals surface area contributed by atoms with Crippen LogP contribution in [0.5, 0.6) is 0 Å². The molecule has 0 aliphatic heterocycles. The summed E-state index contributed by atoms with van der Waals surface area (Å²) in [6, 6.07) is 0. The van der Waals surface area contributed by atoms with Crippen molar-refractivity contribution in [2.75, 3.05) is 0 Å². The Morgan fingerprint density at radius 3 is 2.00 bits per heavy atom. The molecule has 0 saturated heterocycles. The summed E-state index contributed by atoms with van der Waals surface area (Å²) in [5, 5.41) is 0. The zero-order chi connectivity index (χ0) is 13.8. The summed E-state index contributed by atoms with van der Waals surface area (Å²) >= 11 is 0. The Morgan fingerprint density at radius 1 is 1.00 bits per heavy atom. The molecule has 0 aromatic heterocycles. The highest BCUT2D eigenvalue weighted by Crippen LogP contribution is 2.59. The molecular formula is C18H36. The van der Waals surface area contributed by atoms with Gasteiger partial charge in [0.2, 0.25) is 0 Å². The van der Waals surface area contributed by atoms with Crippen molar-refractivity contribution in [1.29, 1.82) is 0 Å². The van der Waals surface area contributed by atoms with Gasteiger partial charge in [0.25, 0.3) is 0 Å². The van der Waals surface area contributed by atoms with Crippen molar-refractivity contribution < 1.29 is 0 Å². The summed E-state index contributed by atoms with van der Waals surface area (Å²) in [6.45, 7) is 14.6. The van der Waals surface area contributed by atoms with Gasteiger partial charge in [-0.15, -0.1) is 0 Å². The van der Waals surface area contributed by atoms with Gasteiger partial charge in [-0.3, -0.25) is 0 Å². The van der Waals surface area contributed by atoms with E-state index in [1.165, 1.54) is 51.4 Å². The third kappa shape index (κ3) is 3.75. The Morgan fingerprint density at radius 2 is 1.61 bits per heavy atom. The highest BCUT2D eigenvalue weighted by atomic mass is 14.5. The fourth-order valence-electron chi connectivity index (χ4n) is 4.01. The Hall–Kier alpha value is 0. The van der Waals surface area contributed by atoms with Crippen LogP contribution in [0.2, 0.25) is 0 Å². The summed E-state index contributed by atoms with van der Waals surface area (Å²) in [7, 11) is 0. The third-order valence-electron chi connectivity index (χ3n) is 5.98. The third-order valence-corrected chi connectivity index (χ3v) is 5.98. The van der Waals surface area contributed by atoms with Gasteiger partial charge in [0, 0.05) is 0 Å². The van der Waals surface area contributed by atoms with Crippen LogP contribution < -0.4 is 0 Å². The zero-order valence-electron chi connectivity index (χ0n) is 13.8. The van der Waals surface area contributed by atoms with Crippen molar-refractivity contribution >= 4 is 0 Å². The second kappa shape index (κ2) is 6.44. The first-order valence-corrected chi connectivity index (χ1v) is 8.44. The molecule has 3 unspecified atom stereocenters. The van der Waals surface area contributed by atoms with Gasteiger partial charge >= 0.3 is 0 Å². The Bertz CT molecular complexity index is 238. The quantitative estimate of drug-likeness (QED) is 0.442. The monoisotopic (exact) mass is 252 g/mol. The van der Waals surface area contributed by atoms with Crippen LogP contribution in [0.3, 0.4) is 0 Å². The highest BCUT2D eigenvalue weighted by molar-refractivity contribution is 4.99. The van der Waals surface area contributed by atoms with E-state index >= 15 is 0 Å². The van der Waals surface area contributed by atoms with Gasteiger partial charge in [0.15, 0.2) is 0 Å². The first-order chi connectivity index (χ1) is 8.44. The van der Waals surface area contributed by atoms with Crippen molar-refractivity contribution in [3.05, 3.63) is 0 Å². The molecule has 0 radical (unpaired) electrons. The van der Waals surface area contributed by atoms with E-state index in [4.69, 9.17) is 0 Å². The molecule has 3 atom stereocenters. The standard InChI is InChI=1S/C18H36/c1-7-11-12-18(6,16-13-15(16)8-2)14-17(5,9-3)10-4/h15-16H,7-14H2,1-6H3. The van der Waals surface area contributed by atoms with E-state index in [1.54, 1.807) is 0 Å². The van der Waals surface area contributed by atoms with E-state index in [0.717, 1.165) is 11.8 Å². The largest absolute Gasteiger partial charge is 0.0654 e. The molecule has 1 saturated carbocycles. The van der Waals surface area contributed by atoms with Gasteiger partial charge in [-0.2, -0.15) is 0 Å². The molecule has 0 N–H and O–H groups in total. The molecule has 0 nitrogen and oxygen atoms in total. The van der Waals surface area contributed by atoms with Crippen LogP contribution in [0.15, 0.2) is 0 Å². The normalized spacial score (nSPS) is 27.0. The van der Waals surface area contributed by atoms with Crippen molar-refractivity contribution in [3.63, 3.8) is 0 Å². The van der Waals surface area contributed by atoms with E-state index in [1.807, 2.05) is 0 Å². The molecule has 0 heteroatoms. The molecule has 1 rings (SSSR count). The lowest BCUT2D eigenvalue weighted by Gasteiger charge is -2.40. The van der Waals surface area contributed by atoms with Crippen LogP contribution in [0.1, 0.15) is 92.9 Å². The maximum atomic E-state index is 2.60. The van der Waals surface area contributed by atoms with Crippen LogP contribution in [0, 0.1) is 22.7 Å². The second-order valence-electron chi connectivity index (χ2n) is 7.46. The minimum atomic E-state index is 0.573. The van der Waals surface area contributed by atoms with E-state index in [2.05, 4.69) is 41.5 Å². The lowest BCUT2D eigenvalue weighted by Crippen LogP contribution is -2.29. The first kappa shape index (κ1) is 16.1. The predicted octanol–water partition coefficient (Wildman–Crippen LogP) is 6.45. The number of unbranched alkanes of at least 4 members (excludes halogenated alkanes) is 1. The Kier molecular flexibility index (Phi) is 5.74. The minimum absolute atomic E-state index is 0.573. The number of rotatable bonds is 9. The van der Waals surface area contributed by atoms with Gasteiger partial charge in [0.05, 0.1) is 0 Å². The average Bonchev–Trinajstić information content (AvgIpc) is 3.16. The lowest BCUT2D eigenvalue weighted by molar-refractivity contribution is 0.107. The molecule has 0 spiro atoms. The number of hydrogen-bond donors (Lipinski definition) is 0. The maximum absolute atomic E-state index is 2.60. The molecule has 1 aliphatic rings. The summed E-state index contributed by atoms with van der Waals surface area (Å²) in [5.74, 6) is 2.08. The van der Waals surface area contributed by atoms with E-state index < -0.39 is 0 Å². The molecule has 18 heavy (non-hydrogen) atoms. The lowest BCUT2D eigenvalue weighted by atomic mass is 9.65. The summed E-state index contributed by atoms with van der Waals surface area (Å²) in [6.07, 6.45) is 11.3. The van der Waals surface area contributed by atoms with Crippen molar-refractivity contribution in [3.8, 4) is 0 Å². The molecule has 0 heterocycles. The van der Waals surface area contributed by atoms with Gasteiger partial charge < -0.3 is 0 Å². The minimum Gasteiger partial charge on any atom is -0.0654 e. The number of hydrogen-bond acceptors (Lipinski definition) is 0. The second-order valence-corrected chi connectivity index (χ2v) is 7.46. The molecule has 0 aromatic carbocycles. The molecular weight excluding hydrogens is 216 g/mol. The van der Waals surface area contributed by atoms with Crippen molar-refractivity contribution in [1.82, 2.24) is 0 Å². The predicted molar refractivity (Wildman–Crippen MR) is 82.8 cm³/mol. The van der Waals surface area contributed by atoms with Crippen LogP contribution in [-0.2, 0) is 0 Å². The van der Waals surface area contributed by atoms with E-state index in [9.17, 15) is 0 Å². The van der Waals surface area contributed by atoms with E-state index in [0.29, 0.717) is 10.8 Å². The topological polar surface area (TPSA) is 0 Å². The Labute approximate surface area is 116 Å². The van der Waals surface area contributed by atoms with Crippen molar-refractivity contribution in [2.45, 2.75) is 92.9 Å². The first-order valence-electron chi connectivity index (χ1n) is 8.44. The summed E-state index contributed by atoms with van der Waals surface area (Å²) < 4.78 is 0. The molecule has 0 amide bonds. The van der Waals surface area contributed by atoms with Gasteiger partial charge in [0.1, 0.15) is 0 Å². The highest BCUT2D eigenvalue weighted by Gasteiger charge is 2.49. The fraction of sp³-hybridized carbons (Fsp3) is 1.00. The van der Waals surface area contributed by atoms with Gasteiger partial charge in [-0.1, -0.05) is 73.6 Å². The summed E-state index contributed by atoms with van der Waals surface area (Å²) in [5.41, 5.74) is 1.20. The van der Waals surface area contributed by atoms with E-state index in [-0.39, 0.29) is 0 Å². The summed E-state index contributed by atoms with van der Waals surface area (Å²) in [4.78, 5) is 0. The van der Waals surface area contributed by atoms with Gasteiger partial charge in [-0.25, -0.2) is 0 Å². The maximum Gasteiger partial charge on any atom is -0.0290 e. The molecule has 0 bridgehead atoms. The Balaban J connectivity index is 2.71. The van der Waals surface area contributed by atoms with Crippen LogP contribution in [0.4, 0.5) is 0 Å². The smallest absolute Gasteiger partial charge is 0.0290 e. The molecule has 108 valence electrons. The van der Waals surface area contributed by atoms with Crippen LogP contribution in [-0.4, -0.2) is 0 Å². The van der Waals surface area contributed by atoms with Crippen LogP contribution >= 0.6 is 0 Å². The van der Waals surface area contributed by atoms with Crippen molar-refractivity contribution in [2.24, 2.45) is 22.7 Å². The molecule has 1 aliphatic carbocycles. The zero-order valence-corrected chi connectivity index (χ0v) is 13.8.